The number of rotatable bonds is 4. The van der Waals surface area contributed by atoms with Crippen LogP contribution in [0.3, 0.4) is 0 Å². The van der Waals surface area contributed by atoms with E-state index in [2.05, 4.69) is 72.3 Å². The molecule has 1 aliphatic heterocycles. The molecule has 1 aliphatic rings. The summed E-state index contributed by atoms with van der Waals surface area (Å²) in [5.74, 6) is 2.17. The zero-order valence-electron chi connectivity index (χ0n) is 15.5. The van der Waals surface area contributed by atoms with E-state index >= 15 is 0 Å². The Kier molecular flexibility index (Phi) is 8.87. The van der Waals surface area contributed by atoms with Gasteiger partial charge in [-0.15, -0.1) is 24.0 Å². The van der Waals surface area contributed by atoms with Gasteiger partial charge >= 0.3 is 0 Å². The molecule has 1 fully saturated rings. The van der Waals surface area contributed by atoms with E-state index in [-0.39, 0.29) is 24.0 Å². The molecule has 0 radical (unpaired) electrons. The monoisotopic (exact) mass is 462 g/mol. The Labute approximate surface area is 168 Å². The number of hydrogen-bond donors (Lipinski definition) is 1. The maximum atomic E-state index is 4.46. The lowest BCUT2D eigenvalue weighted by molar-refractivity contribution is 0.375. The topological polar surface area (TPSA) is 30.9 Å². The number of nitrogens with one attached hydrogen (secondary N) is 1. The molecular formula is C18H31IN4S. The minimum atomic E-state index is 0. The molecule has 0 spiro atoms. The molecule has 1 N–H and O–H groups in total. The smallest absolute Gasteiger partial charge is 0.193 e. The van der Waals surface area contributed by atoms with Crippen molar-refractivity contribution < 1.29 is 0 Å². The van der Waals surface area contributed by atoms with Crippen LogP contribution in [0, 0.1) is 0 Å². The first-order valence-corrected chi connectivity index (χ1v) is 9.20. The summed E-state index contributed by atoms with van der Waals surface area (Å²) in [6.07, 6.45) is 0. The average Bonchev–Trinajstić information content (AvgIpc) is 2.48. The Balaban J connectivity index is 0.00000288. The molecule has 6 heteroatoms. The van der Waals surface area contributed by atoms with Crippen molar-refractivity contribution in [2.75, 3.05) is 40.0 Å². The third kappa shape index (κ3) is 6.80. The number of aliphatic imine (C=N–C) groups is 1. The molecule has 1 saturated heterocycles. The normalized spacial score (nSPS) is 17.6. The van der Waals surface area contributed by atoms with Crippen LogP contribution in [0.5, 0.6) is 0 Å². The van der Waals surface area contributed by atoms with Gasteiger partial charge < -0.3 is 15.1 Å². The summed E-state index contributed by atoms with van der Waals surface area (Å²) in [5.41, 5.74) is 2.64. The first kappa shape index (κ1) is 21.6. The number of thioether (sulfide) groups is 1. The Morgan fingerprint density at radius 3 is 2.42 bits per heavy atom. The summed E-state index contributed by atoms with van der Waals surface area (Å²) in [6, 6.07) is 8.82. The third-order valence-corrected chi connectivity index (χ3v) is 5.21. The van der Waals surface area contributed by atoms with Crippen LogP contribution >= 0.6 is 35.7 Å². The fraction of sp³-hybridized carbons (Fsp3) is 0.611. The maximum absolute atomic E-state index is 4.46. The molecule has 1 aromatic carbocycles. The predicted octanol–water partition coefficient (Wildman–Crippen LogP) is 3.27. The van der Waals surface area contributed by atoms with Gasteiger partial charge in [-0.05, 0) is 39.1 Å². The molecule has 0 unspecified atom stereocenters. The number of hydrogen-bond acceptors (Lipinski definition) is 3. The van der Waals surface area contributed by atoms with Crippen LogP contribution < -0.4 is 5.32 Å². The van der Waals surface area contributed by atoms with Gasteiger partial charge in [0, 0.05) is 43.7 Å². The Hall–Kier alpha value is -0.470. The average molecular weight is 462 g/mol. The second-order valence-electron chi connectivity index (χ2n) is 6.98. The minimum Gasteiger partial charge on any atom is -0.352 e. The van der Waals surface area contributed by atoms with Crippen LogP contribution in [-0.4, -0.2) is 60.5 Å². The number of halogens is 1. The molecule has 0 aromatic heterocycles. The minimum absolute atomic E-state index is 0. The van der Waals surface area contributed by atoms with E-state index in [0.29, 0.717) is 4.75 Å². The predicted molar refractivity (Wildman–Crippen MR) is 118 cm³/mol. The first-order valence-electron chi connectivity index (χ1n) is 8.22. The van der Waals surface area contributed by atoms with Crippen LogP contribution in [-0.2, 0) is 13.1 Å². The third-order valence-electron chi connectivity index (χ3n) is 3.91. The fourth-order valence-electron chi connectivity index (χ4n) is 2.84. The molecule has 0 saturated carbocycles. The van der Waals surface area contributed by atoms with Gasteiger partial charge in [0.2, 0.25) is 0 Å². The molecule has 24 heavy (non-hydrogen) atoms. The molecule has 1 heterocycles. The van der Waals surface area contributed by atoms with E-state index in [0.717, 1.165) is 37.9 Å². The van der Waals surface area contributed by atoms with Gasteiger partial charge in [0.15, 0.2) is 5.96 Å². The zero-order chi connectivity index (χ0) is 16.9. The lowest BCUT2D eigenvalue weighted by Crippen LogP contribution is -2.50. The molecule has 4 nitrogen and oxygen atoms in total. The quantitative estimate of drug-likeness (QED) is 0.423. The fourth-order valence-corrected chi connectivity index (χ4v) is 3.95. The zero-order valence-corrected chi connectivity index (χ0v) is 18.6. The van der Waals surface area contributed by atoms with E-state index in [1.54, 1.807) is 0 Å². The van der Waals surface area contributed by atoms with E-state index < -0.39 is 0 Å². The highest BCUT2D eigenvalue weighted by Crippen LogP contribution is 2.29. The standard InChI is InChI=1S/C18H30N4S.HI/c1-18(2)14-22(10-11-23-18)17(19-3)20-12-15-6-8-16(9-7-15)13-21(4)5;/h6-9H,10-14H2,1-5H3,(H,19,20);1H. The Morgan fingerprint density at radius 1 is 1.25 bits per heavy atom. The summed E-state index contributed by atoms with van der Waals surface area (Å²) in [7, 11) is 6.06. The summed E-state index contributed by atoms with van der Waals surface area (Å²) >= 11 is 2.04. The Bertz CT molecular complexity index is 528. The van der Waals surface area contributed by atoms with Crippen molar-refractivity contribution >= 4 is 41.7 Å². The molecular weight excluding hydrogens is 431 g/mol. The van der Waals surface area contributed by atoms with Crippen molar-refractivity contribution in [2.24, 2.45) is 4.99 Å². The van der Waals surface area contributed by atoms with Crippen molar-refractivity contribution in [3.8, 4) is 0 Å². The van der Waals surface area contributed by atoms with Crippen LogP contribution in [0.15, 0.2) is 29.3 Å². The highest BCUT2D eigenvalue weighted by atomic mass is 127. The molecule has 0 aliphatic carbocycles. The van der Waals surface area contributed by atoms with Crippen molar-refractivity contribution in [2.45, 2.75) is 31.7 Å². The van der Waals surface area contributed by atoms with E-state index in [1.165, 1.54) is 11.1 Å². The second-order valence-corrected chi connectivity index (χ2v) is 8.79. The SMILES string of the molecule is CN=C(NCc1ccc(CN(C)C)cc1)N1CCSC(C)(C)C1.I. The van der Waals surface area contributed by atoms with E-state index in [1.807, 2.05) is 18.8 Å². The van der Waals surface area contributed by atoms with E-state index in [4.69, 9.17) is 0 Å². The number of guanidine groups is 1. The highest BCUT2D eigenvalue weighted by molar-refractivity contribution is 14.0. The summed E-state index contributed by atoms with van der Waals surface area (Å²) in [5, 5.41) is 3.51. The van der Waals surface area contributed by atoms with Crippen LogP contribution in [0.25, 0.3) is 0 Å². The van der Waals surface area contributed by atoms with Crippen molar-refractivity contribution in [1.29, 1.82) is 0 Å². The second kappa shape index (κ2) is 9.87. The van der Waals surface area contributed by atoms with Crippen LogP contribution in [0.2, 0.25) is 0 Å². The van der Waals surface area contributed by atoms with Gasteiger partial charge in [-0.25, -0.2) is 0 Å². The van der Waals surface area contributed by atoms with Crippen molar-refractivity contribution in [3.05, 3.63) is 35.4 Å². The van der Waals surface area contributed by atoms with Gasteiger partial charge in [0.25, 0.3) is 0 Å². The summed E-state index contributed by atoms with van der Waals surface area (Å²) in [4.78, 5) is 9.02. The van der Waals surface area contributed by atoms with Crippen molar-refractivity contribution in [1.82, 2.24) is 15.1 Å². The van der Waals surface area contributed by atoms with Crippen LogP contribution in [0.1, 0.15) is 25.0 Å². The van der Waals surface area contributed by atoms with Gasteiger partial charge in [0.1, 0.15) is 0 Å². The molecule has 0 amide bonds. The highest BCUT2D eigenvalue weighted by Gasteiger charge is 2.28. The van der Waals surface area contributed by atoms with E-state index in [9.17, 15) is 0 Å². The molecule has 2 rings (SSSR count). The lowest BCUT2D eigenvalue weighted by Gasteiger charge is -2.39. The van der Waals surface area contributed by atoms with Crippen molar-refractivity contribution in [3.63, 3.8) is 0 Å². The van der Waals surface area contributed by atoms with Gasteiger partial charge in [-0.2, -0.15) is 11.8 Å². The largest absolute Gasteiger partial charge is 0.352 e. The van der Waals surface area contributed by atoms with Gasteiger partial charge in [-0.1, -0.05) is 24.3 Å². The molecule has 136 valence electrons. The molecule has 0 atom stereocenters. The van der Waals surface area contributed by atoms with Gasteiger partial charge in [0.05, 0.1) is 0 Å². The number of benzene rings is 1. The maximum Gasteiger partial charge on any atom is 0.193 e. The summed E-state index contributed by atoms with van der Waals surface area (Å²) in [6.45, 7) is 8.52. The molecule has 0 bridgehead atoms. The van der Waals surface area contributed by atoms with Gasteiger partial charge in [-0.3, -0.25) is 4.99 Å². The molecule has 1 aromatic rings. The summed E-state index contributed by atoms with van der Waals surface area (Å²) < 4.78 is 0.295. The lowest BCUT2D eigenvalue weighted by atomic mass is 10.1. The first-order chi connectivity index (χ1) is 10.9. The number of nitrogens with zero attached hydrogens (tertiary/aromatic N) is 3. The van der Waals surface area contributed by atoms with Crippen LogP contribution in [0.4, 0.5) is 0 Å². The Morgan fingerprint density at radius 2 is 1.88 bits per heavy atom.